The van der Waals surface area contributed by atoms with E-state index in [2.05, 4.69) is 0 Å². The second-order valence-corrected chi connectivity index (χ2v) is 6.17. The molecule has 102 valence electrons. The molecule has 1 aromatic carbocycles. The topological polar surface area (TPSA) is 83.6 Å². The highest BCUT2D eigenvalue weighted by atomic mass is 32.2. The van der Waals surface area contributed by atoms with E-state index in [4.69, 9.17) is 10.8 Å². The average molecular weight is 276 g/mol. The van der Waals surface area contributed by atoms with E-state index in [9.17, 15) is 12.8 Å². The van der Waals surface area contributed by atoms with Crippen LogP contribution < -0.4 is 5.73 Å². The molecule has 0 saturated heterocycles. The van der Waals surface area contributed by atoms with Crippen LogP contribution in [-0.2, 0) is 10.0 Å². The Labute approximate surface area is 106 Å². The molecule has 0 spiro atoms. The Morgan fingerprint density at radius 3 is 2.50 bits per heavy atom. The third-order valence-electron chi connectivity index (χ3n) is 2.92. The first kappa shape index (κ1) is 14.9. The van der Waals surface area contributed by atoms with Crippen LogP contribution in [0.25, 0.3) is 0 Å². The molecule has 0 fully saturated rings. The van der Waals surface area contributed by atoms with Gasteiger partial charge >= 0.3 is 0 Å². The van der Waals surface area contributed by atoms with Crippen molar-refractivity contribution >= 4 is 15.7 Å². The van der Waals surface area contributed by atoms with Crippen molar-refractivity contribution in [1.82, 2.24) is 4.31 Å². The van der Waals surface area contributed by atoms with Gasteiger partial charge in [-0.15, -0.1) is 0 Å². The maximum atomic E-state index is 13.5. The Balaban J connectivity index is 3.29. The Morgan fingerprint density at radius 2 is 2.06 bits per heavy atom. The summed E-state index contributed by atoms with van der Waals surface area (Å²) in [7, 11) is -2.54. The number of likely N-dealkylation sites (N-methyl/N-ethyl adjacent to an activating group) is 1. The number of aliphatic hydroxyl groups is 1. The normalized spacial score (nSPS) is 13.9. The molecular formula is C11H17FN2O3S. The number of benzene rings is 1. The zero-order valence-electron chi connectivity index (χ0n) is 10.5. The maximum absolute atomic E-state index is 13.5. The van der Waals surface area contributed by atoms with E-state index < -0.39 is 21.9 Å². The molecular weight excluding hydrogens is 259 g/mol. The molecule has 3 N–H and O–H groups in total. The van der Waals surface area contributed by atoms with Crippen LogP contribution in [0.15, 0.2) is 17.0 Å². The lowest BCUT2D eigenvalue weighted by molar-refractivity contribution is 0.214. The second kappa shape index (κ2) is 5.21. The van der Waals surface area contributed by atoms with E-state index in [1.165, 1.54) is 20.0 Å². The first-order valence-corrected chi connectivity index (χ1v) is 6.80. The van der Waals surface area contributed by atoms with Crippen LogP contribution >= 0.6 is 0 Å². The Bertz CT molecular complexity index is 522. The molecule has 0 saturated carbocycles. The van der Waals surface area contributed by atoms with Crippen LogP contribution in [0.5, 0.6) is 0 Å². The van der Waals surface area contributed by atoms with Gasteiger partial charge in [0.15, 0.2) is 0 Å². The van der Waals surface area contributed by atoms with Gasteiger partial charge in [0.25, 0.3) is 0 Å². The number of hydrogen-bond acceptors (Lipinski definition) is 4. The summed E-state index contributed by atoms with van der Waals surface area (Å²) in [6, 6.07) is 1.55. The molecule has 0 bridgehead atoms. The Kier molecular flexibility index (Phi) is 4.31. The lowest BCUT2D eigenvalue weighted by Gasteiger charge is -2.23. The molecule has 0 heterocycles. The SMILES string of the molecule is Cc1c(N)cc(S(=O)(=O)N(C)C(C)CO)cc1F. The number of nitrogen functional groups attached to an aromatic ring is 1. The molecule has 5 nitrogen and oxygen atoms in total. The van der Waals surface area contributed by atoms with Gasteiger partial charge in [0.2, 0.25) is 10.0 Å². The predicted molar refractivity (Wildman–Crippen MR) is 67.0 cm³/mol. The quantitative estimate of drug-likeness (QED) is 0.794. The van der Waals surface area contributed by atoms with Crippen LogP contribution in [-0.4, -0.2) is 37.5 Å². The van der Waals surface area contributed by atoms with Gasteiger partial charge in [-0.05, 0) is 26.0 Å². The van der Waals surface area contributed by atoms with Gasteiger partial charge in [0.1, 0.15) is 5.82 Å². The van der Waals surface area contributed by atoms with Gasteiger partial charge in [-0.3, -0.25) is 0 Å². The number of sulfonamides is 1. The zero-order chi connectivity index (χ0) is 14.1. The summed E-state index contributed by atoms with van der Waals surface area (Å²) in [5, 5.41) is 8.96. The Morgan fingerprint density at radius 1 is 1.50 bits per heavy atom. The minimum Gasteiger partial charge on any atom is -0.398 e. The van der Waals surface area contributed by atoms with Crippen LogP contribution in [0.3, 0.4) is 0 Å². The summed E-state index contributed by atoms with van der Waals surface area (Å²) in [5.41, 5.74) is 5.85. The minimum absolute atomic E-state index is 0.0821. The number of rotatable bonds is 4. The van der Waals surface area contributed by atoms with E-state index in [1.807, 2.05) is 0 Å². The Hall–Kier alpha value is -1.18. The van der Waals surface area contributed by atoms with E-state index >= 15 is 0 Å². The highest BCUT2D eigenvalue weighted by Crippen LogP contribution is 2.23. The molecule has 1 atom stereocenters. The molecule has 0 radical (unpaired) electrons. The number of nitrogens with two attached hydrogens (primary N) is 1. The van der Waals surface area contributed by atoms with Crippen molar-refractivity contribution in [3.63, 3.8) is 0 Å². The molecule has 1 rings (SSSR count). The van der Waals surface area contributed by atoms with Crippen molar-refractivity contribution in [2.45, 2.75) is 24.8 Å². The largest absolute Gasteiger partial charge is 0.398 e. The molecule has 0 aliphatic carbocycles. The van der Waals surface area contributed by atoms with E-state index in [1.54, 1.807) is 6.92 Å². The molecule has 18 heavy (non-hydrogen) atoms. The fourth-order valence-electron chi connectivity index (χ4n) is 1.34. The zero-order valence-corrected chi connectivity index (χ0v) is 11.3. The van der Waals surface area contributed by atoms with Gasteiger partial charge in [-0.25, -0.2) is 12.8 Å². The minimum atomic E-state index is -3.86. The number of nitrogens with zero attached hydrogens (tertiary/aromatic N) is 1. The lowest BCUT2D eigenvalue weighted by Crippen LogP contribution is -2.37. The first-order chi connectivity index (χ1) is 8.21. The van der Waals surface area contributed by atoms with Crippen LogP contribution in [0, 0.1) is 12.7 Å². The number of aliphatic hydroxyl groups excluding tert-OH is 1. The molecule has 7 heteroatoms. The average Bonchev–Trinajstić information content (AvgIpc) is 2.33. The third kappa shape index (κ3) is 2.63. The summed E-state index contributed by atoms with van der Waals surface area (Å²) < 4.78 is 38.8. The number of hydrogen-bond donors (Lipinski definition) is 2. The fraction of sp³-hybridized carbons (Fsp3) is 0.455. The van der Waals surface area contributed by atoms with Crippen LogP contribution in [0.1, 0.15) is 12.5 Å². The molecule has 1 unspecified atom stereocenters. The van der Waals surface area contributed by atoms with Gasteiger partial charge in [0.05, 0.1) is 11.5 Å². The highest BCUT2D eigenvalue weighted by Gasteiger charge is 2.26. The second-order valence-electron chi connectivity index (χ2n) is 4.17. The number of anilines is 1. The monoisotopic (exact) mass is 276 g/mol. The van der Waals surface area contributed by atoms with Gasteiger partial charge in [-0.1, -0.05) is 0 Å². The maximum Gasteiger partial charge on any atom is 0.243 e. The van der Waals surface area contributed by atoms with E-state index in [0.29, 0.717) is 0 Å². The molecule has 0 aliphatic heterocycles. The van der Waals surface area contributed by atoms with Crippen LogP contribution in [0.4, 0.5) is 10.1 Å². The summed E-state index contributed by atoms with van der Waals surface area (Å²) >= 11 is 0. The lowest BCUT2D eigenvalue weighted by atomic mass is 10.2. The summed E-state index contributed by atoms with van der Waals surface area (Å²) in [6.07, 6.45) is 0. The van der Waals surface area contributed by atoms with E-state index in [-0.39, 0.29) is 22.8 Å². The van der Waals surface area contributed by atoms with Crippen LogP contribution in [0.2, 0.25) is 0 Å². The van der Waals surface area contributed by atoms with Crippen molar-refractivity contribution in [2.24, 2.45) is 0 Å². The predicted octanol–water partition coefficient (Wildman–Crippen LogP) is 0.718. The van der Waals surface area contributed by atoms with Crippen molar-refractivity contribution < 1.29 is 17.9 Å². The van der Waals surface area contributed by atoms with E-state index in [0.717, 1.165) is 10.4 Å². The summed E-state index contributed by atoms with van der Waals surface area (Å²) in [5.74, 6) is -0.668. The summed E-state index contributed by atoms with van der Waals surface area (Å²) in [4.78, 5) is -0.217. The van der Waals surface area contributed by atoms with Gasteiger partial charge < -0.3 is 10.8 Å². The molecule has 0 amide bonds. The number of halogens is 1. The third-order valence-corrected chi connectivity index (χ3v) is 4.87. The first-order valence-electron chi connectivity index (χ1n) is 5.36. The molecule has 1 aromatic rings. The van der Waals surface area contributed by atoms with Crippen molar-refractivity contribution in [3.8, 4) is 0 Å². The molecule has 0 aliphatic rings. The summed E-state index contributed by atoms with van der Waals surface area (Å²) in [6.45, 7) is 2.70. The van der Waals surface area contributed by atoms with Crippen molar-refractivity contribution in [3.05, 3.63) is 23.5 Å². The highest BCUT2D eigenvalue weighted by molar-refractivity contribution is 7.89. The molecule has 0 aromatic heterocycles. The van der Waals surface area contributed by atoms with Gasteiger partial charge in [0, 0.05) is 24.3 Å². The smallest absolute Gasteiger partial charge is 0.243 e. The van der Waals surface area contributed by atoms with Gasteiger partial charge in [-0.2, -0.15) is 4.31 Å². The standard InChI is InChI=1S/C11H17FN2O3S/c1-7(6-15)14(3)18(16,17)9-4-10(12)8(2)11(13)5-9/h4-5,7,15H,6,13H2,1-3H3. The van der Waals surface area contributed by atoms with Crippen molar-refractivity contribution in [2.75, 3.05) is 19.4 Å². The fourth-order valence-corrected chi connectivity index (χ4v) is 2.74. The van der Waals surface area contributed by atoms with Crippen molar-refractivity contribution in [1.29, 1.82) is 0 Å².